The zero-order valence-electron chi connectivity index (χ0n) is 17.6. The van der Waals surface area contributed by atoms with Gasteiger partial charge in [-0.1, -0.05) is 42.1 Å². The topological polar surface area (TPSA) is 139 Å². The molecule has 2 aliphatic heterocycles. The van der Waals surface area contributed by atoms with Crippen molar-refractivity contribution in [3.05, 3.63) is 54.2 Å². The molecule has 2 aromatic rings. The van der Waals surface area contributed by atoms with Crippen molar-refractivity contribution in [2.75, 3.05) is 25.2 Å². The fraction of sp³-hybridized carbons (Fsp3) is 0.381. The molecule has 0 saturated carbocycles. The third-order valence-electron chi connectivity index (χ3n) is 5.58. The van der Waals surface area contributed by atoms with E-state index in [1.165, 1.54) is 36.2 Å². The molecule has 2 saturated heterocycles. The summed E-state index contributed by atoms with van der Waals surface area (Å²) in [6, 6.07) is 8.60. The first-order valence-electron chi connectivity index (χ1n) is 9.94. The quantitative estimate of drug-likeness (QED) is 0.409. The SMILES string of the molecule is COC1(NC(=O)Cc2ncco2)C(=O)N2CC(CSC(=O)c3ccccc3)(C(=O)O)CS[C@@H]21. The number of nitrogens with zero attached hydrogens (tertiary/aromatic N) is 2. The van der Waals surface area contributed by atoms with Crippen molar-refractivity contribution in [3.8, 4) is 0 Å². The molecule has 33 heavy (non-hydrogen) atoms. The van der Waals surface area contributed by atoms with Crippen molar-refractivity contribution in [1.82, 2.24) is 15.2 Å². The van der Waals surface area contributed by atoms with Gasteiger partial charge < -0.3 is 24.5 Å². The van der Waals surface area contributed by atoms with Crippen molar-refractivity contribution in [2.24, 2.45) is 5.41 Å². The number of rotatable bonds is 8. The molecule has 4 rings (SSSR count). The molecule has 1 aromatic heterocycles. The number of carboxylic acid groups (broad SMARTS) is 1. The Morgan fingerprint density at radius 1 is 1.36 bits per heavy atom. The zero-order chi connectivity index (χ0) is 23.6. The van der Waals surface area contributed by atoms with E-state index >= 15 is 0 Å². The van der Waals surface area contributed by atoms with E-state index in [9.17, 15) is 24.3 Å². The molecular weight excluding hydrogens is 470 g/mol. The lowest BCUT2D eigenvalue weighted by atomic mass is 9.88. The molecule has 0 bridgehead atoms. The van der Waals surface area contributed by atoms with Gasteiger partial charge in [-0.25, -0.2) is 4.98 Å². The van der Waals surface area contributed by atoms with Crippen molar-refractivity contribution in [3.63, 3.8) is 0 Å². The molecule has 2 N–H and O–H groups in total. The van der Waals surface area contributed by atoms with Crippen LogP contribution in [0.15, 0.2) is 47.2 Å². The Kier molecular flexibility index (Phi) is 6.50. The molecule has 2 aliphatic rings. The molecule has 1 aromatic carbocycles. The van der Waals surface area contributed by atoms with Gasteiger partial charge in [0.25, 0.3) is 11.6 Å². The van der Waals surface area contributed by atoms with Gasteiger partial charge in [-0.3, -0.25) is 19.2 Å². The zero-order valence-corrected chi connectivity index (χ0v) is 19.2. The molecule has 0 spiro atoms. The van der Waals surface area contributed by atoms with Crippen LogP contribution in [0, 0.1) is 5.41 Å². The molecule has 0 radical (unpaired) electrons. The number of carbonyl (C=O) groups excluding carboxylic acids is 3. The summed E-state index contributed by atoms with van der Waals surface area (Å²) in [5.74, 6) is -1.77. The number of methoxy groups -OCH3 is 1. The molecule has 10 nitrogen and oxygen atoms in total. The van der Waals surface area contributed by atoms with E-state index in [-0.39, 0.29) is 35.5 Å². The highest BCUT2D eigenvalue weighted by Crippen LogP contribution is 2.48. The Balaban J connectivity index is 1.44. The number of hydrogen-bond acceptors (Lipinski definition) is 9. The summed E-state index contributed by atoms with van der Waals surface area (Å²) in [6.07, 6.45) is 2.59. The van der Waals surface area contributed by atoms with Crippen LogP contribution in [0.2, 0.25) is 0 Å². The molecule has 0 aliphatic carbocycles. The molecule has 2 unspecified atom stereocenters. The first-order chi connectivity index (χ1) is 15.8. The van der Waals surface area contributed by atoms with Gasteiger partial charge in [0.2, 0.25) is 16.9 Å². The van der Waals surface area contributed by atoms with E-state index in [0.717, 1.165) is 11.8 Å². The highest BCUT2D eigenvalue weighted by Gasteiger charge is 2.67. The monoisotopic (exact) mass is 491 g/mol. The number of aromatic nitrogens is 1. The van der Waals surface area contributed by atoms with Crippen molar-refractivity contribution in [2.45, 2.75) is 17.5 Å². The lowest BCUT2D eigenvalue weighted by Crippen LogP contribution is -2.82. The number of carbonyl (C=O) groups is 4. The minimum absolute atomic E-state index is 0.00999. The van der Waals surface area contributed by atoms with E-state index in [2.05, 4.69) is 10.3 Å². The Morgan fingerprint density at radius 2 is 2.12 bits per heavy atom. The average molecular weight is 492 g/mol. The number of carboxylic acids is 1. The van der Waals surface area contributed by atoms with Gasteiger partial charge >= 0.3 is 5.97 Å². The van der Waals surface area contributed by atoms with Crippen LogP contribution in [0.5, 0.6) is 0 Å². The van der Waals surface area contributed by atoms with Crippen molar-refractivity contribution < 1.29 is 33.4 Å². The first-order valence-corrected chi connectivity index (χ1v) is 12.0. The highest BCUT2D eigenvalue weighted by molar-refractivity contribution is 8.14. The minimum atomic E-state index is -1.59. The number of oxazole rings is 1. The summed E-state index contributed by atoms with van der Waals surface area (Å²) in [6.45, 7) is -0.0887. The third kappa shape index (κ3) is 4.25. The van der Waals surface area contributed by atoms with E-state index < -0.39 is 34.3 Å². The van der Waals surface area contributed by atoms with E-state index in [1.54, 1.807) is 30.3 Å². The van der Waals surface area contributed by atoms with Crippen molar-refractivity contribution in [1.29, 1.82) is 0 Å². The van der Waals surface area contributed by atoms with Gasteiger partial charge in [0.15, 0.2) is 0 Å². The van der Waals surface area contributed by atoms with Gasteiger partial charge in [0, 0.05) is 30.7 Å². The number of amides is 2. The van der Waals surface area contributed by atoms with Gasteiger partial charge in [0.1, 0.15) is 23.5 Å². The number of hydrogen-bond donors (Lipinski definition) is 2. The summed E-state index contributed by atoms with van der Waals surface area (Å²) >= 11 is 2.12. The lowest BCUT2D eigenvalue weighted by Gasteiger charge is -2.58. The third-order valence-corrected chi connectivity index (χ3v) is 8.40. The first kappa shape index (κ1) is 23.3. The predicted octanol–water partition coefficient (Wildman–Crippen LogP) is 1.24. The van der Waals surface area contributed by atoms with E-state index in [1.807, 2.05) is 0 Å². The number of ether oxygens (including phenoxy) is 1. The Bertz CT molecular complexity index is 1070. The normalized spacial score (nSPS) is 26.3. The van der Waals surface area contributed by atoms with Crippen molar-refractivity contribution >= 4 is 46.4 Å². The lowest BCUT2D eigenvalue weighted by molar-refractivity contribution is -0.200. The van der Waals surface area contributed by atoms with Crippen LogP contribution >= 0.6 is 23.5 Å². The van der Waals surface area contributed by atoms with E-state index in [4.69, 9.17) is 9.15 Å². The molecular formula is C21H21N3O7S2. The van der Waals surface area contributed by atoms with Crippen LogP contribution < -0.4 is 5.32 Å². The molecule has 12 heteroatoms. The second kappa shape index (κ2) is 9.20. The summed E-state index contributed by atoms with van der Waals surface area (Å²) < 4.78 is 10.5. The Morgan fingerprint density at radius 3 is 2.76 bits per heavy atom. The van der Waals surface area contributed by atoms with E-state index in [0.29, 0.717) is 5.56 Å². The second-order valence-corrected chi connectivity index (χ2v) is 9.73. The summed E-state index contributed by atoms with van der Waals surface area (Å²) in [5, 5.41) is 11.8. The second-order valence-electron chi connectivity index (χ2n) is 7.71. The van der Waals surface area contributed by atoms with Crippen LogP contribution in [0.3, 0.4) is 0 Å². The maximum atomic E-state index is 13.0. The number of β-lactam (4-membered cyclic amide) rings is 1. The Hall–Kier alpha value is -2.83. The number of nitrogens with one attached hydrogen (secondary N) is 1. The summed E-state index contributed by atoms with van der Waals surface area (Å²) in [7, 11) is 1.31. The van der Waals surface area contributed by atoms with Crippen LogP contribution in [0.4, 0.5) is 0 Å². The number of aliphatic carboxylic acids is 1. The smallest absolute Gasteiger partial charge is 0.313 e. The standard InChI is InChI=1S/C21H21N3O7S2/c1-30-21(23-14(25)9-15-22-7-8-31-15)17(27)24-10-20(19(28)29,12-33-18(21)24)11-32-16(26)13-5-3-2-4-6-13/h2-8,18H,9-12H2,1H3,(H,23,25)(H,28,29)/t18-,20?,21?/m1/s1. The molecule has 2 amide bonds. The predicted molar refractivity (Wildman–Crippen MR) is 119 cm³/mol. The van der Waals surface area contributed by atoms with Gasteiger partial charge in [-0.15, -0.1) is 11.8 Å². The Labute approximate surface area is 197 Å². The maximum absolute atomic E-state index is 13.0. The maximum Gasteiger partial charge on any atom is 0.313 e. The van der Waals surface area contributed by atoms with Gasteiger partial charge in [0.05, 0.1) is 6.20 Å². The summed E-state index contributed by atoms with van der Waals surface area (Å²) in [5.41, 5.74) is -2.42. The molecule has 3 atom stereocenters. The van der Waals surface area contributed by atoms with Crippen LogP contribution in [-0.4, -0.2) is 74.1 Å². The highest BCUT2D eigenvalue weighted by atomic mass is 32.2. The van der Waals surface area contributed by atoms with Gasteiger partial charge in [-0.05, 0) is 0 Å². The largest absolute Gasteiger partial charge is 0.481 e. The fourth-order valence-corrected chi connectivity index (χ4v) is 6.56. The molecule has 174 valence electrons. The van der Waals surface area contributed by atoms with Crippen LogP contribution in [-0.2, 0) is 25.5 Å². The fourth-order valence-electron chi connectivity index (χ4n) is 3.77. The number of thioether (sulfide) groups is 2. The summed E-state index contributed by atoms with van der Waals surface area (Å²) in [4.78, 5) is 55.4. The average Bonchev–Trinajstić information content (AvgIpc) is 3.34. The van der Waals surface area contributed by atoms with Crippen LogP contribution in [0.1, 0.15) is 16.2 Å². The number of benzene rings is 1. The molecule has 3 heterocycles. The molecule has 2 fully saturated rings. The number of fused-ring (bicyclic) bond motifs is 1. The van der Waals surface area contributed by atoms with Crippen LogP contribution in [0.25, 0.3) is 0 Å². The van der Waals surface area contributed by atoms with Gasteiger partial charge in [-0.2, -0.15) is 0 Å². The minimum Gasteiger partial charge on any atom is -0.481 e.